The lowest BCUT2D eigenvalue weighted by molar-refractivity contribution is -0.135. The number of nitrogens with two attached hydrogens (primary N) is 1. The summed E-state index contributed by atoms with van der Waals surface area (Å²) in [6.07, 6.45) is 6.72. The van der Waals surface area contributed by atoms with Crippen LogP contribution in [0.25, 0.3) is 0 Å². The van der Waals surface area contributed by atoms with E-state index < -0.39 is 0 Å². The third-order valence-electron chi connectivity index (χ3n) is 5.74. The van der Waals surface area contributed by atoms with Crippen molar-refractivity contribution in [3.05, 3.63) is 38.7 Å². The highest BCUT2D eigenvalue weighted by atomic mass is 32.1. The van der Waals surface area contributed by atoms with Crippen LogP contribution in [0.15, 0.2) is 22.3 Å². The molecule has 27 heavy (non-hydrogen) atoms. The third kappa shape index (κ3) is 4.01. The van der Waals surface area contributed by atoms with Gasteiger partial charge in [-0.05, 0) is 37.1 Å². The molecular weight excluding hydrogens is 362 g/mol. The molecule has 2 aromatic rings. The molecule has 3 heterocycles. The maximum Gasteiger partial charge on any atom is 0.346 e. The van der Waals surface area contributed by atoms with E-state index in [0.717, 1.165) is 44.3 Å². The highest BCUT2D eigenvalue weighted by Crippen LogP contribution is 2.26. The number of aromatic nitrogens is 3. The van der Waals surface area contributed by atoms with Gasteiger partial charge in [0, 0.05) is 29.9 Å². The molecule has 1 saturated carbocycles. The smallest absolute Gasteiger partial charge is 0.333 e. The summed E-state index contributed by atoms with van der Waals surface area (Å²) >= 11 is 1.67. The maximum absolute atomic E-state index is 13.1. The predicted molar refractivity (Wildman–Crippen MR) is 105 cm³/mol. The maximum atomic E-state index is 13.1. The Bertz CT molecular complexity index is 835. The van der Waals surface area contributed by atoms with E-state index in [-0.39, 0.29) is 30.2 Å². The largest absolute Gasteiger partial charge is 0.346 e. The number of amides is 1. The summed E-state index contributed by atoms with van der Waals surface area (Å²) in [6.45, 7) is 1.23. The fourth-order valence-corrected chi connectivity index (χ4v) is 4.88. The van der Waals surface area contributed by atoms with Gasteiger partial charge in [0.05, 0.1) is 6.54 Å². The topological polar surface area (TPSA) is 86.2 Å². The van der Waals surface area contributed by atoms with Crippen LogP contribution in [0.5, 0.6) is 0 Å². The van der Waals surface area contributed by atoms with Crippen molar-refractivity contribution in [1.82, 2.24) is 19.2 Å². The zero-order chi connectivity index (χ0) is 18.8. The molecule has 1 unspecified atom stereocenters. The number of carbonyl (C=O) groups excluding carboxylic acids is 1. The summed E-state index contributed by atoms with van der Waals surface area (Å²) in [6, 6.07) is 4.46. The molecule has 0 aromatic carbocycles. The second-order valence-electron chi connectivity index (χ2n) is 7.63. The van der Waals surface area contributed by atoms with Crippen molar-refractivity contribution in [3.8, 4) is 0 Å². The molecule has 4 rings (SSSR count). The lowest BCUT2D eigenvalue weighted by atomic mass is 10.1. The van der Waals surface area contributed by atoms with Crippen LogP contribution in [0.2, 0.25) is 0 Å². The fourth-order valence-electron chi connectivity index (χ4n) is 4.18. The molecule has 0 radical (unpaired) electrons. The Morgan fingerprint density at radius 2 is 2.11 bits per heavy atom. The number of rotatable bonds is 5. The van der Waals surface area contributed by atoms with Gasteiger partial charge < -0.3 is 10.6 Å². The summed E-state index contributed by atoms with van der Waals surface area (Å²) in [7, 11) is 0. The molecule has 1 fully saturated rings. The minimum absolute atomic E-state index is 0.0117. The Morgan fingerprint density at radius 3 is 2.85 bits per heavy atom. The number of carbonyl (C=O) groups is 1. The van der Waals surface area contributed by atoms with Crippen molar-refractivity contribution in [1.29, 1.82) is 0 Å². The van der Waals surface area contributed by atoms with Crippen molar-refractivity contribution in [2.45, 2.75) is 76.7 Å². The molecule has 0 spiro atoms. The summed E-state index contributed by atoms with van der Waals surface area (Å²) in [5.74, 6) is 0.744. The fraction of sp³-hybridized carbons (Fsp3) is 0.632. The molecule has 1 amide bonds. The molecule has 1 aliphatic heterocycles. The Kier molecular flexibility index (Phi) is 5.45. The normalized spacial score (nSPS) is 20.4. The SMILES string of the molecule is NC1CCc2nn(CC(=O)N(Cc3cccs3)C3CCCC3)c(=O)n2CC1. The minimum Gasteiger partial charge on any atom is -0.333 e. The van der Waals surface area contributed by atoms with Gasteiger partial charge in [0.1, 0.15) is 12.4 Å². The van der Waals surface area contributed by atoms with Crippen LogP contribution in [0.4, 0.5) is 0 Å². The summed E-state index contributed by atoms with van der Waals surface area (Å²) in [5.41, 5.74) is 5.82. The monoisotopic (exact) mass is 389 g/mol. The number of aryl methyl sites for hydroxylation is 1. The van der Waals surface area contributed by atoms with Gasteiger partial charge in [-0.15, -0.1) is 11.3 Å². The van der Waals surface area contributed by atoms with Gasteiger partial charge in [0.15, 0.2) is 0 Å². The van der Waals surface area contributed by atoms with Crippen LogP contribution in [-0.2, 0) is 30.8 Å². The zero-order valence-electron chi connectivity index (χ0n) is 15.5. The minimum atomic E-state index is -0.185. The molecule has 2 N–H and O–H groups in total. The quantitative estimate of drug-likeness (QED) is 0.844. The first kappa shape index (κ1) is 18.4. The first-order valence-electron chi connectivity index (χ1n) is 9.86. The molecule has 2 aliphatic rings. The Balaban J connectivity index is 1.52. The van der Waals surface area contributed by atoms with E-state index in [1.807, 2.05) is 16.3 Å². The van der Waals surface area contributed by atoms with Crippen molar-refractivity contribution >= 4 is 17.2 Å². The Labute approximate surface area is 162 Å². The molecule has 2 aromatic heterocycles. The van der Waals surface area contributed by atoms with Gasteiger partial charge in [-0.25, -0.2) is 9.48 Å². The number of nitrogens with zero attached hydrogens (tertiary/aromatic N) is 4. The van der Waals surface area contributed by atoms with Crippen LogP contribution in [0.1, 0.15) is 49.2 Å². The van der Waals surface area contributed by atoms with E-state index >= 15 is 0 Å². The zero-order valence-corrected chi connectivity index (χ0v) is 16.4. The second kappa shape index (κ2) is 7.98. The van der Waals surface area contributed by atoms with Crippen LogP contribution < -0.4 is 11.4 Å². The molecule has 0 bridgehead atoms. The third-order valence-corrected chi connectivity index (χ3v) is 6.60. The molecular formula is C19H27N5O2S. The molecule has 0 saturated heterocycles. The second-order valence-corrected chi connectivity index (χ2v) is 8.67. The van der Waals surface area contributed by atoms with Crippen LogP contribution >= 0.6 is 11.3 Å². The van der Waals surface area contributed by atoms with Gasteiger partial charge in [0.25, 0.3) is 0 Å². The van der Waals surface area contributed by atoms with E-state index in [9.17, 15) is 9.59 Å². The van der Waals surface area contributed by atoms with E-state index in [0.29, 0.717) is 19.5 Å². The van der Waals surface area contributed by atoms with Gasteiger partial charge >= 0.3 is 5.69 Å². The lowest BCUT2D eigenvalue weighted by Crippen LogP contribution is -2.42. The summed E-state index contributed by atoms with van der Waals surface area (Å²) < 4.78 is 3.05. The molecule has 1 aliphatic carbocycles. The van der Waals surface area contributed by atoms with E-state index in [1.54, 1.807) is 15.9 Å². The molecule has 1 atom stereocenters. The molecule has 146 valence electrons. The average molecular weight is 390 g/mol. The number of hydrogen-bond donors (Lipinski definition) is 1. The number of hydrogen-bond acceptors (Lipinski definition) is 5. The number of fused-ring (bicyclic) bond motifs is 1. The Hall–Kier alpha value is -1.93. The first-order chi connectivity index (χ1) is 13.1. The van der Waals surface area contributed by atoms with Crippen molar-refractivity contribution in [2.24, 2.45) is 5.73 Å². The standard InChI is InChI=1S/C19H27N5O2S/c20-14-7-8-17-21-24(19(26)22(17)10-9-14)13-18(25)23(15-4-1-2-5-15)12-16-6-3-11-27-16/h3,6,11,14-15H,1-2,4-5,7-10,12-13,20H2. The van der Waals surface area contributed by atoms with Gasteiger partial charge in [0.2, 0.25) is 5.91 Å². The molecule has 8 heteroatoms. The first-order valence-corrected chi connectivity index (χ1v) is 10.7. The van der Waals surface area contributed by atoms with Crippen molar-refractivity contribution < 1.29 is 4.79 Å². The Morgan fingerprint density at radius 1 is 1.30 bits per heavy atom. The van der Waals surface area contributed by atoms with Crippen molar-refractivity contribution in [2.75, 3.05) is 0 Å². The molecule has 7 nitrogen and oxygen atoms in total. The van der Waals surface area contributed by atoms with Gasteiger partial charge in [-0.2, -0.15) is 5.10 Å². The average Bonchev–Trinajstić information content (AvgIpc) is 3.38. The van der Waals surface area contributed by atoms with E-state index in [2.05, 4.69) is 11.2 Å². The van der Waals surface area contributed by atoms with E-state index in [1.165, 1.54) is 9.56 Å². The van der Waals surface area contributed by atoms with Crippen LogP contribution in [0.3, 0.4) is 0 Å². The summed E-state index contributed by atoms with van der Waals surface area (Å²) in [4.78, 5) is 29.0. The number of thiophene rings is 1. The van der Waals surface area contributed by atoms with E-state index in [4.69, 9.17) is 5.73 Å². The van der Waals surface area contributed by atoms with Gasteiger partial charge in [-0.1, -0.05) is 18.9 Å². The van der Waals surface area contributed by atoms with Gasteiger partial charge in [-0.3, -0.25) is 9.36 Å². The summed E-state index contributed by atoms with van der Waals surface area (Å²) in [5, 5.41) is 6.49. The highest BCUT2D eigenvalue weighted by molar-refractivity contribution is 7.09. The lowest BCUT2D eigenvalue weighted by Gasteiger charge is -2.28. The van der Waals surface area contributed by atoms with Crippen molar-refractivity contribution in [3.63, 3.8) is 0 Å². The highest BCUT2D eigenvalue weighted by Gasteiger charge is 2.28. The van der Waals surface area contributed by atoms with Crippen LogP contribution in [-0.4, -0.2) is 37.2 Å². The van der Waals surface area contributed by atoms with Crippen LogP contribution in [0, 0.1) is 0 Å². The predicted octanol–water partition coefficient (Wildman–Crippen LogP) is 1.74.